The minimum absolute atomic E-state index is 0. The largest absolute Gasteiger partial charge is 0.454 e. The van der Waals surface area contributed by atoms with Gasteiger partial charge in [-0.25, -0.2) is 0 Å². The number of amides is 1. The summed E-state index contributed by atoms with van der Waals surface area (Å²) in [4.78, 5) is 14.0. The number of alkyl halides is 2. The third kappa shape index (κ3) is 5.24. The van der Waals surface area contributed by atoms with Crippen LogP contribution in [0.5, 0.6) is 17.2 Å². The van der Waals surface area contributed by atoms with Crippen molar-refractivity contribution >= 4 is 18.3 Å². The highest BCUT2D eigenvalue weighted by atomic mass is 35.5. The van der Waals surface area contributed by atoms with E-state index in [0.717, 1.165) is 5.56 Å². The zero-order chi connectivity index (χ0) is 19.4. The number of nitrogens with two attached hydrogens (primary N) is 1. The van der Waals surface area contributed by atoms with Crippen molar-refractivity contribution in [3.05, 3.63) is 53.6 Å². The second kappa shape index (κ2) is 9.57. The molecule has 2 aromatic carbocycles. The predicted octanol–water partition coefficient (Wildman–Crippen LogP) is 2.97. The van der Waals surface area contributed by atoms with E-state index in [1.807, 2.05) is 30.3 Å². The molecule has 1 aliphatic heterocycles. The fraction of sp³-hybridized carbons (Fsp3) is 0.316. The Morgan fingerprint density at radius 3 is 2.50 bits per heavy atom. The van der Waals surface area contributed by atoms with Crippen LogP contribution < -0.4 is 19.9 Å². The van der Waals surface area contributed by atoms with Crippen LogP contribution in [0.4, 0.5) is 8.78 Å². The molecule has 9 heteroatoms. The molecular formula is C19H21ClF2N2O4. The number of carbonyl (C=O) groups is 1. The number of nitrogens with zero attached hydrogens (tertiary/aromatic N) is 1. The van der Waals surface area contributed by atoms with Gasteiger partial charge in [0.05, 0.1) is 6.04 Å². The summed E-state index contributed by atoms with van der Waals surface area (Å²) in [5.41, 5.74) is 7.34. The van der Waals surface area contributed by atoms with Gasteiger partial charge in [-0.1, -0.05) is 30.3 Å². The Morgan fingerprint density at radius 1 is 1.21 bits per heavy atom. The van der Waals surface area contributed by atoms with E-state index in [-0.39, 0.29) is 37.4 Å². The summed E-state index contributed by atoms with van der Waals surface area (Å²) < 4.78 is 40.5. The Morgan fingerprint density at radius 2 is 1.86 bits per heavy atom. The highest BCUT2D eigenvalue weighted by Gasteiger charge is 2.24. The summed E-state index contributed by atoms with van der Waals surface area (Å²) in [6.07, 6.45) is 0.380. The third-order valence-electron chi connectivity index (χ3n) is 4.17. The molecular weight excluding hydrogens is 394 g/mol. The van der Waals surface area contributed by atoms with Crippen molar-refractivity contribution in [2.45, 2.75) is 25.6 Å². The van der Waals surface area contributed by atoms with Gasteiger partial charge in [-0.3, -0.25) is 4.79 Å². The molecule has 152 valence electrons. The number of benzene rings is 2. The van der Waals surface area contributed by atoms with Gasteiger partial charge in [0.15, 0.2) is 11.5 Å². The minimum atomic E-state index is -2.99. The predicted molar refractivity (Wildman–Crippen MR) is 101 cm³/mol. The van der Waals surface area contributed by atoms with E-state index < -0.39 is 12.7 Å². The van der Waals surface area contributed by atoms with Gasteiger partial charge >= 0.3 is 6.61 Å². The van der Waals surface area contributed by atoms with Gasteiger partial charge in [0.2, 0.25) is 12.7 Å². The number of hydrogen-bond donors (Lipinski definition) is 1. The van der Waals surface area contributed by atoms with Gasteiger partial charge in [0.25, 0.3) is 0 Å². The van der Waals surface area contributed by atoms with E-state index in [9.17, 15) is 13.6 Å². The molecule has 0 saturated heterocycles. The van der Waals surface area contributed by atoms with Crippen LogP contribution in [-0.2, 0) is 17.8 Å². The molecule has 1 atom stereocenters. The number of halogens is 3. The molecule has 0 unspecified atom stereocenters. The second-order valence-corrected chi connectivity index (χ2v) is 6.18. The number of hydrogen-bond acceptors (Lipinski definition) is 5. The van der Waals surface area contributed by atoms with E-state index in [0.29, 0.717) is 23.5 Å². The number of ether oxygens (including phenoxy) is 3. The zero-order valence-corrected chi connectivity index (χ0v) is 16.0. The summed E-state index contributed by atoms with van der Waals surface area (Å²) in [6, 6.07) is 11.5. The van der Waals surface area contributed by atoms with E-state index in [1.54, 1.807) is 7.05 Å². The minimum Gasteiger partial charge on any atom is -0.454 e. The fourth-order valence-electron chi connectivity index (χ4n) is 2.87. The van der Waals surface area contributed by atoms with Crippen LogP contribution in [0.1, 0.15) is 11.1 Å². The monoisotopic (exact) mass is 414 g/mol. The third-order valence-corrected chi connectivity index (χ3v) is 4.17. The molecule has 0 aliphatic carbocycles. The Kier molecular flexibility index (Phi) is 7.42. The molecule has 3 rings (SSSR count). The van der Waals surface area contributed by atoms with E-state index >= 15 is 0 Å². The molecule has 0 spiro atoms. The van der Waals surface area contributed by atoms with E-state index in [1.165, 1.54) is 17.0 Å². The van der Waals surface area contributed by atoms with Gasteiger partial charge in [-0.2, -0.15) is 8.78 Å². The molecule has 0 radical (unpaired) electrons. The second-order valence-electron chi connectivity index (χ2n) is 6.18. The Bertz CT molecular complexity index is 808. The maximum atomic E-state index is 12.7. The fourth-order valence-corrected chi connectivity index (χ4v) is 2.87. The average molecular weight is 415 g/mol. The van der Waals surface area contributed by atoms with Gasteiger partial charge in [0.1, 0.15) is 5.75 Å². The van der Waals surface area contributed by atoms with Gasteiger partial charge in [-0.05, 0) is 18.1 Å². The highest BCUT2D eigenvalue weighted by molar-refractivity contribution is 5.85. The van der Waals surface area contributed by atoms with Crippen molar-refractivity contribution in [2.24, 2.45) is 5.73 Å². The maximum Gasteiger partial charge on any atom is 0.387 e. The van der Waals surface area contributed by atoms with Crippen molar-refractivity contribution in [2.75, 3.05) is 13.8 Å². The van der Waals surface area contributed by atoms with Gasteiger partial charge in [-0.15, -0.1) is 12.4 Å². The van der Waals surface area contributed by atoms with Crippen molar-refractivity contribution in [1.82, 2.24) is 4.90 Å². The lowest BCUT2D eigenvalue weighted by molar-refractivity contribution is -0.131. The smallest absolute Gasteiger partial charge is 0.387 e. The average Bonchev–Trinajstić information content (AvgIpc) is 3.08. The number of carbonyl (C=O) groups excluding carboxylic acids is 1. The van der Waals surface area contributed by atoms with E-state index in [2.05, 4.69) is 4.74 Å². The standard InChI is InChI=1S/C19H20F2N2O4.ClH/c1-23(18(24)14(22)7-12-5-3-2-4-6-12)10-13-8-16-17(26-11-25-16)9-15(13)27-19(20)21;/h2-6,8-9,14,19H,7,10-11,22H2,1H3;1H/t14-;/m0./s1. The topological polar surface area (TPSA) is 74.0 Å². The molecule has 1 amide bonds. The lowest BCUT2D eigenvalue weighted by Gasteiger charge is -2.23. The Hall–Kier alpha value is -2.58. The summed E-state index contributed by atoms with van der Waals surface area (Å²) in [7, 11) is 1.56. The first kappa shape index (κ1) is 21.7. The maximum absolute atomic E-state index is 12.7. The number of rotatable bonds is 7. The van der Waals surface area contributed by atoms with Gasteiger partial charge < -0.3 is 24.8 Å². The van der Waals surface area contributed by atoms with Crippen molar-refractivity contribution in [3.8, 4) is 17.2 Å². The molecule has 0 saturated carbocycles. The first-order valence-electron chi connectivity index (χ1n) is 8.36. The van der Waals surface area contributed by atoms with Crippen LogP contribution in [0, 0.1) is 0 Å². The van der Waals surface area contributed by atoms with Crippen molar-refractivity contribution < 1.29 is 27.8 Å². The quantitative estimate of drug-likeness (QED) is 0.754. The van der Waals surface area contributed by atoms with Gasteiger partial charge in [0, 0.05) is 25.2 Å². The zero-order valence-electron chi connectivity index (χ0n) is 15.1. The molecule has 2 N–H and O–H groups in total. The Balaban J connectivity index is 0.00000280. The SMILES string of the molecule is CN(Cc1cc2c(cc1OC(F)F)OCO2)C(=O)[C@@H](N)Cc1ccccc1.Cl. The first-order valence-corrected chi connectivity index (χ1v) is 8.36. The number of fused-ring (bicyclic) bond motifs is 1. The molecule has 0 bridgehead atoms. The molecule has 28 heavy (non-hydrogen) atoms. The number of likely N-dealkylation sites (N-methyl/N-ethyl adjacent to an activating group) is 1. The van der Waals surface area contributed by atoms with Crippen LogP contribution >= 0.6 is 12.4 Å². The van der Waals surface area contributed by atoms with Crippen LogP contribution in [0.15, 0.2) is 42.5 Å². The Labute approximate surface area is 167 Å². The lowest BCUT2D eigenvalue weighted by atomic mass is 10.1. The summed E-state index contributed by atoms with van der Waals surface area (Å²) in [5.74, 6) is 0.371. The molecule has 0 fully saturated rings. The van der Waals surface area contributed by atoms with E-state index in [4.69, 9.17) is 15.2 Å². The summed E-state index contributed by atoms with van der Waals surface area (Å²) >= 11 is 0. The van der Waals surface area contributed by atoms with Crippen LogP contribution in [0.2, 0.25) is 0 Å². The molecule has 6 nitrogen and oxygen atoms in total. The molecule has 0 aromatic heterocycles. The molecule has 1 heterocycles. The van der Waals surface area contributed by atoms with Crippen LogP contribution in [0.25, 0.3) is 0 Å². The van der Waals surface area contributed by atoms with Crippen LogP contribution in [0.3, 0.4) is 0 Å². The van der Waals surface area contributed by atoms with Crippen molar-refractivity contribution in [3.63, 3.8) is 0 Å². The molecule has 2 aromatic rings. The van der Waals surface area contributed by atoms with Crippen LogP contribution in [-0.4, -0.2) is 37.3 Å². The summed E-state index contributed by atoms with van der Waals surface area (Å²) in [5, 5.41) is 0. The summed E-state index contributed by atoms with van der Waals surface area (Å²) in [6.45, 7) is -2.95. The normalized spacial score (nSPS) is 13.0. The molecule has 1 aliphatic rings. The van der Waals surface area contributed by atoms with Crippen molar-refractivity contribution in [1.29, 1.82) is 0 Å². The lowest BCUT2D eigenvalue weighted by Crippen LogP contribution is -2.42. The first-order chi connectivity index (χ1) is 12.9. The highest BCUT2D eigenvalue weighted by Crippen LogP contribution is 2.39.